The first-order valence-electron chi connectivity index (χ1n) is 7.77. The monoisotopic (exact) mass is 360 g/mol. The second kappa shape index (κ2) is 15.1. The van der Waals surface area contributed by atoms with Gasteiger partial charge in [0, 0.05) is 12.4 Å². The first-order valence-corrected chi connectivity index (χ1v) is 14.8. The van der Waals surface area contributed by atoms with Crippen molar-refractivity contribution >= 4 is 19.8 Å². The molecule has 1 heterocycles. The number of aromatic amines is 1. The van der Waals surface area contributed by atoms with Crippen LogP contribution in [0.4, 0.5) is 0 Å². The van der Waals surface area contributed by atoms with E-state index in [1.165, 1.54) is 38.5 Å². The molecule has 1 aromatic rings. The molecule has 106 valence electrons. The molecule has 0 atom stereocenters. The molecule has 2 nitrogen and oxygen atoms in total. The summed E-state index contributed by atoms with van der Waals surface area (Å²) in [5.74, 6) is 0. The van der Waals surface area contributed by atoms with Crippen LogP contribution in [0.1, 0.15) is 59.3 Å². The molecular formula is C15H32N2Sn. The topological polar surface area (TPSA) is 28.7 Å². The Hall–Kier alpha value is 0.00870. The number of rotatable bonds is 9. The van der Waals surface area contributed by atoms with Crippen molar-refractivity contribution in [1.82, 2.24) is 9.97 Å². The van der Waals surface area contributed by atoms with Crippen LogP contribution in [-0.2, 0) is 0 Å². The fraction of sp³-hybridized carbons (Fsp3) is 0.800. The number of unbranched alkanes of at least 4 members (excludes halogenated alkanes) is 3. The summed E-state index contributed by atoms with van der Waals surface area (Å²) in [6, 6.07) is 0. The minimum atomic E-state index is -0.967. The number of H-pyrrole nitrogens is 1. The van der Waals surface area contributed by atoms with E-state index >= 15 is 0 Å². The first-order chi connectivity index (χ1) is 8.85. The van der Waals surface area contributed by atoms with Gasteiger partial charge >= 0.3 is 92.4 Å². The minimum Gasteiger partial charge on any atom is -0.351 e. The maximum Gasteiger partial charge on any atom is 0.0919 e. The number of nitrogens with one attached hydrogen (secondary N) is 1. The normalized spacial score (nSPS) is 10.2. The largest absolute Gasteiger partial charge is 0.351 e. The Bertz CT molecular complexity index is 188. The van der Waals surface area contributed by atoms with Gasteiger partial charge < -0.3 is 4.98 Å². The average Bonchev–Trinajstić information content (AvgIpc) is 2.97. The van der Waals surface area contributed by atoms with Crippen molar-refractivity contribution in [2.75, 3.05) is 0 Å². The molecule has 0 saturated carbocycles. The quantitative estimate of drug-likeness (QED) is 0.616. The van der Waals surface area contributed by atoms with Crippen LogP contribution in [0.25, 0.3) is 0 Å². The fourth-order valence-corrected chi connectivity index (χ4v) is 13.0. The molecule has 0 aromatic carbocycles. The van der Waals surface area contributed by atoms with Crippen LogP contribution < -0.4 is 0 Å². The summed E-state index contributed by atoms with van der Waals surface area (Å²) in [5, 5.41) is 0. The van der Waals surface area contributed by atoms with E-state index in [1.54, 1.807) is 32.0 Å². The standard InChI is InChI=1S/3C4H9.C3H4N2.Sn.H/c3*1-3-4-2;1-2-5-3-4-1;;/h3*1,3-4H2,2H3;1-3H,(H,4,5);;. The maximum absolute atomic E-state index is 3.67. The number of nitrogens with zero attached hydrogens (tertiary/aromatic N) is 1. The Morgan fingerprint density at radius 2 is 1.39 bits per heavy atom. The molecule has 1 N–H and O–H groups in total. The molecular weight excluding hydrogens is 327 g/mol. The Labute approximate surface area is 121 Å². The molecule has 3 heteroatoms. The van der Waals surface area contributed by atoms with E-state index < -0.39 is 19.8 Å². The fourth-order valence-electron chi connectivity index (χ4n) is 2.13. The van der Waals surface area contributed by atoms with Crippen molar-refractivity contribution in [1.29, 1.82) is 0 Å². The number of aromatic nitrogens is 2. The molecule has 0 fully saturated rings. The molecule has 0 aliphatic rings. The van der Waals surface area contributed by atoms with Crippen molar-refractivity contribution in [2.45, 2.75) is 72.6 Å². The zero-order valence-corrected chi connectivity index (χ0v) is 15.9. The molecule has 18 heavy (non-hydrogen) atoms. The van der Waals surface area contributed by atoms with Crippen molar-refractivity contribution in [2.24, 2.45) is 0 Å². The van der Waals surface area contributed by atoms with Crippen LogP contribution in [0.2, 0.25) is 13.3 Å². The Kier molecular flexibility index (Phi) is 15.1. The van der Waals surface area contributed by atoms with Crippen LogP contribution in [-0.4, -0.2) is 29.7 Å². The molecule has 0 saturated heterocycles. The third-order valence-electron chi connectivity index (χ3n) is 3.30. The molecule has 0 bridgehead atoms. The van der Waals surface area contributed by atoms with Crippen LogP contribution in [0.3, 0.4) is 0 Å². The van der Waals surface area contributed by atoms with Crippen molar-refractivity contribution in [3.63, 3.8) is 0 Å². The molecule has 0 unspecified atom stereocenters. The predicted molar refractivity (Wildman–Crippen MR) is 84.9 cm³/mol. The van der Waals surface area contributed by atoms with E-state index in [0.717, 1.165) is 0 Å². The minimum absolute atomic E-state index is 0.967. The number of imidazole rings is 1. The summed E-state index contributed by atoms with van der Waals surface area (Å²) >= 11 is -0.967. The molecule has 0 aliphatic carbocycles. The average molecular weight is 359 g/mol. The van der Waals surface area contributed by atoms with Gasteiger partial charge in [0.05, 0.1) is 6.33 Å². The Morgan fingerprint density at radius 3 is 1.61 bits per heavy atom. The summed E-state index contributed by atoms with van der Waals surface area (Å²) in [4.78, 5) is 6.42. The van der Waals surface area contributed by atoms with Crippen molar-refractivity contribution < 1.29 is 0 Å². The molecule has 1 aromatic heterocycles. The Balaban J connectivity index is 0.000000473. The number of hydrogen-bond donors (Lipinski definition) is 1. The summed E-state index contributed by atoms with van der Waals surface area (Å²) in [6.45, 7) is 7.01. The van der Waals surface area contributed by atoms with E-state index in [4.69, 9.17) is 0 Å². The first kappa shape index (κ1) is 18.0. The zero-order chi connectivity index (χ0) is 13.5. The third kappa shape index (κ3) is 12.5. The third-order valence-corrected chi connectivity index (χ3v) is 13.8. The van der Waals surface area contributed by atoms with Crippen LogP contribution in [0.15, 0.2) is 18.7 Å². The van der Waals surface area contributed by atoms with Gasteiger partial charge in [-0.1, -0.05) is 0 Å². The van der Waals surface area contributed by atoms with Gasteiger partial charge in [0.25, 0.3) is 0 Å². The SMILES string of the molecule is CCC[CH2][SnH]([CH2]CCC)[CH2]CCC.c1c[nH]cn1. The summed E-state index contributed by atoms with van der Waals surface area (Å²) in [5.41, 5.74) is 0. The smallest absolute Gasteiger partial charge is 0.0919 e. The second-order valence-electron chi connectivity index (χ2n) is 5.05. The van der Waals surface area contributed by atoms with Gasteiger partial charge in [-0.25, -0.2) is 4.98 Å². The van der Waals surface area contributed by atoms with E-state index in [9.17, 15) is 0 Å². The van der Waals surface area contributed by atoms with Gasteiger partial charge in [0.15, 0.2) is 0 Å². The van der Waals surface area contributed by atoms with Gasteiger partial charge in [0.1, 0.15) is 0 Å². The summed E-state index contributed by atoms with van der Waals surface area (Å²) in [6.07, 6.45) is 14.0. The molecule has 1 rings (SSSR count). The maximum atomic E-state index is 3.67. The van der Waals surface area contributed by atoms with Crippen LogP contribution in [0.5, 0.6) is 0 Å². The Morgan fingerprint density at radius 1 is 0.889 bits per heavy atom. The van der Waals surface area contributed by atoms with Crippen LogP contribution in [0, 0.1) is 0 Å². The molecule has 0 aliphatic heterocycles. The van der Waals surface area contributed by atoms with Crippen LogP contribution >= 0.6 is 0 Å². The van der Waals surface area contributed by atoms with E-state index in [1.807, 2.05) is 0 Å². The van der Waals surface area contributed by atoms with Gasteiger partial charge in [-0.3, -0.25) is 0 Å². The molecule has 0 radical (unpaired) electrons. The van der Waals surface area contributed by atoms with Gasteiger partial charge in [0.2, 0.25) is 0 Å². The second-order valence-corrected chi connectivity index (χ2v) is 14.9. The molecule has 0 spiro atoms. The summed E-state index contributed by atoms with van der Waals surface area (Å²) in [7, 11) is 0. The van der Waals surface area contributed by atoms with Gasteiger partial charge in [-0.05, 0) is 0 Å². The van der Waals surface area contributed by atoms with Gasteiger partial charge in [-0.2, -0.15) is 0 Å². The van der Waals surface area contributed by atoms with E-state index in [2.05, 4.69) is 30.7 Å². The van der Waals surface area contributed by atoms with E-state index in [-0.39, 0.29) is 0 Å². The molecule has 0 amide bonds. The van der Waals surface area contributed by atoms with E-state index in [0.29, 0.717) is 0 Å². The van der Waals surface area contributed by atoms with Crippen molar-refractivity contribution in [3.8, 4) is 0 Å². The van der Waals surface area contributed by atoms with Gasteiger partial charge in [-0.15, -0.1) is 0 Å². The number of hydrogen-bond acceptors (Lipinski definition) is 1. The zero-order valence-electron chi connectivity index (χ0n) is 12.6. The predicted octanol–water partition coefficient (Wildman–Crippen LogP) is 5.02. The summed E-state index contributed by atoms with van der Waals surface area (Å²) < 4.78 is 5.08. The van der Waals surface area contributed by atoms with Crippen molar-refractivity contribution in [3.05, 3.63) is 18.7 Å².